The molecule has 2 heterocycles. The van der Waals surface area contributed by atoms with E-state index in [2.05, 4.69) is 0 Å². The lowest BCUT2D eigenvalue weighted by Crippen LogP contribution is -2.58. The van der Waals surface area contributed by atoms with Gasteiger partial charge in [-0.2, -0.15) is 18.4 Å². The second-order valence-corrected chi connectivity index (χ2v) is 5.81. The molecule has 3 nitrogen and oxygen atoms in total. The van der Waals surface area contributed by atoms with E-state index in [0.29, 0.717) is 5.69 Å². The second-order valence-electron chi connectivity index (χ2n) is 5.81. The van der Waals surface area contributed by atoms with Crippen molar-refractivity contribution in [3.05, 3.63) is 29.3 Å². The number of hydrogen-bond acceptors (Lipinski definition) is 3. The molecule has 2 fully saturated rings. The molecule has 0 radical (unpaired) electrons. The minimum absolute atomic E-state index is 0.199. The molecule has 2 aliphatic heterocycles. The summed E-state index contributed by atoms with van der Waals surface area (Å²) in [5.74, 6) is 0. The Bertz CT molecular complexity index is 578. The van der Waals surface area contributed by atoms with Gasteiger partial charge in [0.15, 0.2) is 0 Å². The van der Waals surface area contributed by atoms with Crippen LogP contribution in [0.4, 0.5) is 18.9 Å². The van der Waals surface area contributed by atoms with Crippen LogP contribution in [0.25, 0.3) is 0 Å². The summed E-state index contributed by atoms with van der Waals surface area (Å²) < 4.78 is 44.2. The van der Waals surface area contributed by atoms with Crippen LogP contribution in [0.5, 0.6) is 0 Å². The number of ether oxygens (including phenoxy) is 1. The number of rotatable bonds is 1. The summed E-state index contributed by atoms with van der Waals surface area (Å²) >= 11 is 0. The van der Waals surface area contributed by atoms with Gasteiger partial charge in [-0.1, -0.05) is 0 Å². The summed E-state index contributed by atoms with van der Waals surface area (Å²) in [4.78, 5) is 1.95. The molecule has 3 rings (SSSR count). The SMILES string of the molecule is N#Cc1ccc(N2CC3(CCOCC3)C2)cc1C(F)(F)F. The van der Waals surface area contributed by atoms with Crippen LogP contribution in [0.3, 0.4) is 0 Å². The van der Waals surface area contributed by atoms with E-state index < -0.39 is 11.7 Å². The summed E-state index contributed by atoms with van der Waals surface area (Å²) in [5, 5.41) is 8.80. The Hall–Kier alpha value is -1.74. The van der Waals surface area contributed by atoms with Gasteiger partial charge in [0.05, 0.1) is 17.2 Å². The van der Waals surface area contributed by atoms with Crippen molar-refractivity contribution in [3.63, 3.8) is 0 Å². The van der Waals surface area contributed by atoms with Crippen molar-refractivity contribution in [3.8, 4) is 6.07 Å². The van der Waals surface area contributed by atoms with Gasteiger partial charge >= 0.3 is 6.18 Å². The first-order chi connectivity index (χ1) is 9.93. The Balaban J connectivity index is 1.80. The molecule has 2 saturated heterocycles. The maximum atomic E-state index is 13.0. The van der Waals surface area contributed by atoms with Crippen molar-refractivity contribution in [1.29, 1.82) is 5.26 Å². The molecule has 6 heteroatoms. The second kappa shape index (κ2) is 4.92. The molecule has 112 valence electrons. The van der Waals surface area contributed by atoms with Crippen LogP contribution in [0.15, 0.2) is 18.2 Å². The van der Waals surface area contributed by atoms with Gasteiger partial charge in [-0.15, -0.1) is 0 Å². The Kier molecular flexibility index (Phi) is 3.33. The van der Waals surface area contributed by atoms with Crippen LogP contribution in [-0.4, -0.2) is 26.3 Å². The highest BCUT2D eigenvalue weighted by molar-refractivity contribution is 5.56. The van der Waals surface area contributed by atoms with Crippen LogP contribution in [0.2, 0.25) is 0 Å². The monoisotopic (exact) mass is 296 g/mol. The molecular weight excluding hydrogens is 281 g/mol. The maximum Gasteiger partial charge on any atom is 0.417 e. The average molecular weight is 296 g/mol. The highest BCUT2D eigenvalue weighted by Crippen LogP contribution is 2.43. The van der Waals surface area contributed by atoms with E-state index in [1.54, 1.807) is 12.1 Å². The summed E-state index contributed by atoms with van der Waals surface area (Å²) in [5.41, 5.74) is -0.439. The van der Waals surface area contributed by atoms with E-state index in [9.17, 15) is 13.2 Å². The maximum absolute atomic E-state index is 13.0. The van der Waals surface area contributed by atoms with Gasteiger partial charge in [0.1, 0.15) is 0 Å². The normalized spacial score (nSPS) is 21.0. The van der Waals surface area contributed by atoms with Gasteiger partial charge in [0.2, 0.25) is 0 Å². The molecule has 0 amide bonds. The summed E-state index contributed by atoms with van der Waals surface area (Å²) in [7, 11) is 0. The molecular formula is C15H15F3N2O. The zero-order chi connectivity index (χ0) is 15.1. The lowest BCUT2D eigenvalue weighted by atomic mass is 9.73. The summed E-state index contributed by atoms with van der Waals surface area (Å²) in [6.07, 6.45) is -2.57. The fourth-order valence-corrected chi connectivity index (χ4v) is 3.13. The van der Waals surface area contributed by atoms with Crippen molar-refractivity contribution in [2.45, 2.75) is 19.0 Å². The molecule has 0 aliphatic carbocycles. The average Bonchev–Trinajstić information content (AvgIpc) is 2.44. The molecule has 0 N–H and O–H groups in total. The minimum atomic E-state index is -4.50. The number of halogens is 3. The van der Waals surface area contributed by atoms with Gasteiger partial charge in [-0.05, 0) is 31.0 Å². The zero-order valence-electron chi connectivity index (χ0n) is 11.4. The standard InChI is InChI=1S/C15H15F3N2O/c16-15(17,18)13-7-12(2-1-11(13)8-19)20-9-14(10-20)3-5-21-6-4-14/h1-2,7H,3-6,9-10H2. The zero-order valence-corrected chi connectivity index (χ0v) is 11.4. The third-order valence-corrected chi connectivity index (χ3v) is 4.40. The third-order valence-electron chi connectivity index (χ3n) is 4.40. The van der Waals surface area contributed by atoms with Crippen LogP contribution < -0.4 is 4.90 Å². The highest BCUT2D eigenvalue weighted by Gasteiger charge is 2.44. The molecule has 0 unspecified atom stereocenters. The fourth-order valence-electron chi connectivity index (χ4n) is 3.13. The van der Waals surface area contributed by atoms with Crippen LogP contribution in [0.1, 0.15) is 24.0 Å². The Morgan fingerprint density at radius 2 is 1.86 bits per heavy atom. The molecule has 0 bridgehead atoms. The Morgan fingerprint density at radius 1 is 1.19 bits per heavy atom. The molecule has 0 aromatic heterocycles. The molecule has 2 aliphatic rings. The number of hydrogen-bond donors (Lipinski definition) is 0. The van der Waals surface area contributed by atoms with E-state index in [0.717, 1.165) is 45.2 Å². The van der Waals surface area contributed by atoms with E-state index in [-0.39, 0.29) is 11.0 Å². The predicted octanol–water partition coefficient (Wildman–Crippen LogP) is 3.19. The first-order valence-electron chi connectivity index (χ1n) is 6.88. The predicted molar refractivity (Wildman–Crippen MR) is 70.9 cm³/mol. The lowest BCUT2D eigenvalue weighted by molar-refractivity contribution is -0.137. The van der Waals surface area contributed by atoms with Crippen LogP contribution in [0, 0.1) is 16.7 Å². The van der Waals surface area contributed by atoms with E-state index >= 15 is 0 Å². The number of nitriles is 1. The quantitative estimate of drug-likeness (QED) is 0.798. The molecule has 1 aromatic carbocycles. The highest BCUT2D eigenvalue weighted by atomic mass is 19.4. The molecule has 0 saturated carbocycles. The van der Waals surface area contributed by atoms with Crippen molar-refractivity contribution in [2.75, 3.05) is 31.2 Å². The minimum Gasteiger partial charge on any atom is -0.381 e. The van der Waals surface area contributed by atoms with Gasteiger partial charge in [-0.25, -0.2) is 0 Å². The topological polar surface area (TPSA) is 36.3 Å². The van der Waals surface area contributed by atoms with Crippen molar-refractivity contribution < 1.29 is 17.9 Å². The van der Waals surface area contributed by atoms with Gasteiger partial charge in [0.25, 0.3) is 0 Å². The molecule has 1 spiro atoms. The summed E-state index contributed by atoms with van der Waals surface area (Å²) in [6, 6.07) is 5.55. The Labute approximate surface area is 120 Å². The van der Waals surface area contributed by atoms with E-state index in [1.807, 2.05) is 4.90 Å². The van der Waals surface area contributed by atoms with E-state index in [4.69, 9.17) is 10.00 Å². The number of benzene rings is 1. The van der Waals surface area contributed by atoms with Gasteiger partial charge < -0.3 is 9.64 Å². The Morgan fingerprint density at radius 3 is 2.43 bits per heavy atom. The number of alkyl halides is 3. The first-order valence-corrected chi connectivity index (χ1v) is 6.88. The number of nitrogens with zero attached hydrogens (tertiary/aromatic N) is 2. The van der Waals surface area contributed by atoms with Gasteiger partial charge in [0, 0.05) is 37.4 Å². The van der Waals surface area contributed by atoms with E-state index in [1.165, 1.54) is 6.07 Å². The lowest BCUT2D eigenvalue weighted by Gasteiger charge is -2.53. The molecule has 21 heavy (non-hydrogen) atoms. The molecule has 0 atom stereocenters. The van der Waals surface area contributed by atoms with Gasteiger partial charge in [-0.3, -0.25) is 0 Å². The fraction of sp³-hybridized carbons (Fsp3) is 0.533. The first kappa shape index (κ1) is 14.2. The number of anilines is 1. The third kappa shape index (κ3) is 2.58. The smallest absolute Gasteiger partial charge is 0.381 e. The molecule has 1 aromatic rings. The van der Waals surface area contributed by atoms with Crippen LogP contribution >= 0.6 is 0 Å². The van der Waals surface area contributed by atoms with Crippen LogP contribution in [-0.2, 0) is 10.9 Å². The summed E-state index contributed by atoms with van der Waals surface area (Å²) in [6.45, 7) is 2.99. The largest absolute Gasteiger partial charge is 0.417 e. The van der Waals surface area contributed by atoms with Crippen molar-refractivity contribution in [1.82, 2.24) is 0 Å². The van der Waals surface area contributed by atoms with Crippen molar-refractivity contribution in [2.24, 2.45) is 5.41 Å². The van der Waals surface area contributed by atoms with Crippen molar-refractivity contribution >= 4 is 5.69 Å².